The highest BCUT2D eigenvalue weighted by atomic mass is 79.9. The van der Waals surface area contributed by atoms with Crippen LogP contribution in [0.1, 0.15) is 34.3 Å². The number of hydrogen-bond acceptors (Lipinski definition) is 5. The summed E-state index contributed by atoms with van der Waals surface area (Å²) in [6.07, 6.45) is 1.58. The Kier molecular flexibility index (Phi) is 5.60. The second kappa shape index (κ2) is 7.76. The number of nitriles is 1. The van der Waals surface area contributed by atoms with E-state index in [0.29, 0.717) is 4.47 Å². The van der Waals surface area contributed by atoms with E-state index in [0.717, 1.165) is 18.9 Å². The van der Waals surface area contributed by atoms with Crippen LogP contribution in [0.25, 0.3) is 0 Å². The molecule has 0 aromatic heterocycles. The standard InChI is InChI=1S/C18H14BrFN2O4S/c19-16-5-4-14(27(24,25)22-13-2-3-13)8-15(16)18(23)26-10-12-7-11(9-21)1-6-17(12)20/h1,4-8,13,22H,2-3,10H2. The van der Waals surface area contributed by atoms with Crippen LogP contribution in [0.4, 0.5) is 4.39 Å². The van der Waals surface area contributed by atoms with E-state index in [1.54, 1.807) is 0 Å². The predicted molar refractivity (Wildman–Crippen MR) is 97.7 cm³/mol. The first kappa shape index (κ1) is 19.5. The number of carbonyl (C=O) groups is 1. The van der Waals surface area contributed by atoms with Crippen molar-refractivity contribution in [2.75, 3.05) is 0 Å². The second-order valence-electron chi connectivity index (χ2n) is 6.03. The largest absolute Gasteiger partial charge is 0.457 e. The highest BCUT2D eigenvalue weighted by Crippen LogP contribution is 2.25. The summed E-state index contributed by atoms with van der Waals surface area (Å²) in [5, 5.41) is 8.87. The van der Waals surface area contributed by atoms with E-state index in [4.69, 9.17) is 10.00 Å². The van der Waals surface area contributed by atoms with Crippen molar-refractivity contribution in [2.45, 2.75) is 30.4 Å². The number of ether oxygens (including phenoxy) is 1. The highest BCUT2D eigenvalue weighted by Gasteiger charge is 2.28. The molecule has 0 radical (unpaired) electrons. The van der Waals surface area contributed by atoms with Crippen LogP contribution in [-0.4, -0.2) is 20.4 Å². The molecule has 0 atom stereocenters. The van der Waals surface area contributed by atoms with Crippen LogP contribution in [0.2, 0.25) is 0 Å². The van der Waals surface area contributed by atoms with Crippen molar-refractivity contribution in [3.8, 4) is 6.07 Å². The Bertz CT molecular complexity index is 1050. The SMILES string of the molecule is N#Cc1ccc(F)c(COC(=O)c2cc(S(=O)(=O)NC3CC3)ccc2Br)c1. The predicted octanol–water partition coefficient (Wildman–Crippen LogP) is 3.26. The fourth-order valence-corrected chi connectivity index (χ4v) is 4.03. The molecular weight excluding hydrogens is 439 g/mol. The topological polar surface area (TPSA) is 96.3 Å². The average Bonchev–Trinajstić information content (AvgIpc) is 3.44. The molecule has 0 aliphatic heterocycles. The Morgan fingerprint density at radius 2 is 2.04 bits per heavy atom. The minimum absolute atomic E-state index is 0.00511. The maximum atomic E-state index is 13.8. The molecule has 1 saturated carbocycles. The van der Waals surface area contributed by atoms with E-state index in [9.17, 15) is 17.6 Å². The van der Waals surface area contributed by atoms with Crippen molar-refractivity contribution in [3.05, 3.63) is 63.4 Å². The van der Waals surface area contributed by atoms with Gasteiger partial charge in [-0.15, -0.1) is 0 Å². The number of nitrogens with zero attached hydrogens (tertiary/aromatic N) is 1. The molecule has 27 heavy (non-hydrogen) atoms. The molecular formula is C18H14BrFN2O4S. The first-order chi connectivity index (χ1) is 12.8. The lowest BCUT2D eigenvalue weighted by Crippen LogP contribution is -2.26. The minimum atomic E-state index is -3.73. The molecule has 140 valence electrons. The summed E-state index contributed by atoms with van der Waals surface area (Å²) in [5.74, 6) is -1.42. The summed E-state index contributed by atoms with van der Waals surface area (Å²) in [6.45, 7) is -0.385. The van der Waals surface area contributed by atoms with E-state index in [2.05, 4.69) is 20.7 Å². The molecule has 1 aliphatic rings. The molecule has 0 unspecified atom stereocenters. The van der Waals surface area contributed by atoms with Gasteiger partial charge in [0.2, 0.25) is 10.0 Å². The van der Waals surface area contributed by atoms with Crippen LogP contribution in [0.5, 0.6) is 0 Å². The summed E-state index contributed by atoms with van der Waals surface area (Å²) in [5.41, 5.74) is 0.297. The number of benzene rings is 2. The van der Waals surface area contributed by atoms with Gasteiger partial charge in [0, 0.05) is 16.1 Å². The number of esters is 1. The van der Waals surface area contributed by atoms with Gasteiger partial charge in [0.25, 0.3) is 0 Å². The van der Waals surface area contributed by atoms with E-state index < -0.39 is 21.8 Å². The van der Waals surface area contributed by atoms with Gasteiger partial charge in [-0.2, -0.15) is 5.26 Å². The molecule has 6 nitrogen and oxygen atoms in total. The Hall–Kier alpha value is -2.28. The summed E-state index contributed by atoms with van der Waals surface area (Å²) >= 11 is 3.19. The average molecular weight is 453 g/mol. The van der Waals surface area contributed by atoms with Crippen LogP contribution < -0.4 is 4.72 Å². The van der Waals surface area contributed by atoms with E-state index >= 15 is 0 Å². The van der Waals surface area contributed by atoms with E-state index in [1.807, 2.05) is 6.07 Å². The number of carbonyl (C=O) groups excluding carboxylic acids is 1. The zero-order valence-electron chi connectivity index (χ0n) is 13.9. The maximum absolute atomic E-state index is 13.8. The van der Waals surface area contributed by atoms with Crippen LogP contribution >= 0.6 is 15.9 Å². The molecule has 3 rings (SSSR count). The summed E-state index contributed by atoms with van der Waals surface area (Å²) in [6, 6.07) is 9.56. The molecule has 1 N–H and O–H groups in total. The van der Waals surface area contributed by atoms with E-state index in [1.165, 1.54) is 30.3 Å². The summed E-state index contributed by atoms with van der Waals surface area (Å²) in [4.78, 5) is 12.3. The third-order valence-electron chi connectivity index (χ3n) is 3.90. The molecule has 9 heteroatoms. The highest BCUT2D eigenvalue weighted by molar-refractivity contribution is 9.10. The Morgan fingerprint density at radius 1 is 1.30 bits per heavy atom. The fraction of sp³-hybridized carbons (Fsp3) is 0.222. The van der Waals surface area contributed by atoms with Crippen LogP contribution in [0.15, 0.2) is 45.8 Å². The monoisotopic (exact) mass is 452 g/mol. The molecule has 1 fully saturated rings. The number of hydrogen-bond donors (Lipinski definition) is 1. The number of nitrogens with one attached hydrogen (secondary N) is 1. The van der Waals surface area contributed by atoms with Crippen molar-refractivity contribution in [1.29, 1.82) is 5.26 Å². The van der Waals surface area contributed by atoms with Gasteiger partial charge >= 0.3 is 5.97 Å². The molecule has 2 aromatic carbocycles. The van der Waals surface area contributed by atoms with Gasteiger partial charge in [-0.1, -0.05) is 0 Å². The minimum Gasteiger partial charge on any atom is -0.457 e. The quantitative estimate of drug-likeness (QED) is 0.678. The number of sulfonamides is 1. The van der Waals surface area contributed by atoms with Crippen molar-refractivity contribution in [2.24, 2.45) is 0 Å². The molecule has 0 heterocycles. The smallest absolute Gasteiger partial charge is 0.339 e. The fourth-order valence-electron chi connectivity index (χ4n) is 2.29. The first-order valence-electron chi connectivity index (χ1n) is 7.97. The van der Waals surface area contributed by atoms with Crippen LogP contribution in [-0.2, 0) is 21.4 Å². The van der Waals surface area contributed by atoms with Gasteiger partial charge in [0.1, 0.15) is 12.4 Å². The zero-order chi connectivity index (χ0) is 19.6. The lowest BCUT2D eigenvalue weighted by molar-refractivity contribution is 0.0467. The third kappa shape index (κ3) is 4.71. The molecule has 0 saturated heterocycles. The van der Waals surface area contributed by atoms with Gasteiger partial charge in [0.15, 0.2) is 0 Å². The van der Waals surface area contributed by atoms with Gasteiger partial charge in [-0.25, -0.2) is 22.3 Å². The normalized spacial score (nSPS) is 13.8. The van der Waals surface area contributed by atoms with Crippen molar-refractivity contribution in [1.82, 2.24) is 4.72 Å². The van der Waals surface area contributed by atoms with Gasteiger partial charge in [0.05, 0.1) is 22.1 Å². The Labute approximate surface area is 164 Å². The molecule has 0 amide bonds. The zero-order valence-corrected chi connectivity index (χ0v) is 16.3. The molecule has 0 bridgehead atoms. The first-order valence-corrected chi connectivity index (χ1v) is 10.3. The summed E-state index contributed by atoms with van der Waals surface area (Å²) in [7, 11) is -3.73. The van der Waals surface area contributed by atoms with Gasteiger partial charge < -0.3 is 4.74 Å². The number of rotatable bonds is 6. The van der Waals surface area contributed by atoms with Crippen molar-refractivity contribution in [3.63, 3.8) is 0 Å². The van der Waals surface area contributed by atoms with E-state index in [-0.39, 0.29) is 34.2 Å². The Balaban J connectivity index is 1.78. The van der Waals surface area contributed by atoms with Crippen LogP contribution in [0, 0.1) is 17.1 Å². The summed E-state index contributed by atoms with van der Waals surface area (Å²) < 4.78 is 46.4. The molecule has 0 spiro atoms. The van der Waals surface area contributed by atoms with Crippen molar-refractivity contribution < 1.29 is 22.3 Å². The molecule has 1 aliphatic carbocycles. The lowest BCUT2D eigenvalue weighted by atomic mass is 10.1. The Morgan fingerprint density at radius 3 is 2.70 bits per heavy atom. The van der Waals surface area contributed by atoms with Gasteiger partial charge in [-0.3, -0.25) is 0 Å². The van der Waals surface area contributed by atoms with Crippen LogP contribution in [0.3, 0.4) is 0 Å². The maximum Gasteiger partial charge on any atom is 0.339 e. The lowest BCUT2D eigenvalue weighted by Gasteiger charge is -2.10. The second-order valence-corrected chi connectivity index (χ2v) is 8.60. The van der Waals surface area contributed by atoms with Crippen molar-refractivity contribution >= 4 is 31.9 Å². The number of halogens is 2. The van der Waals surface area contributed by atoms with Gasteiger partial charge in [-0.05, 0) is 65.2 Å². The molecule has 2 aromatic rings. The third-order valence-corrected chi connectivity index (χ3v) is 6.11.